The molecule has 0 aliphatic heterocycles. The predicted octanol–water partition coefficient (Wildman–Crippen LogP) is 1.09. The minimum Gasteiger partial charge on any atom is -0.328 e. The summed E-state index contributed by atoms with van der Waals surface area (Å²) in [7, 11) is 2.00. The molecule has 0 saturated carbocycles. The summed E-state index contributed by atoms with van der Waals surface area (Å²) in [5.74, 6) is 4.01. The summed E-state index contributed by atoms with van der Waals surface area (Å²) in [6.07, 6.45) is 1.06. The van der Waals surface area contributed by atoms with Crippen molar-refractivity contribution in [1.82, 2.24) is 14.8 Å². The van der Waals surface area contributed by atoms with Crippen LogP contribution in [0, 0.1) is 6.92 Å². The molecule has 1 unspecified atom stereocenters. The first-order chi connectivity index (χ1) is 6.61. The van der Waals surface area contributed by atoms with Gasteiger partial charge in [-0.25, -0.2) is 0 Å². The molecule has 0 aromatic carbocycles. The van der Waals surface area contributed by atoms with Gasteiger partial charge in [-0.1, -0.05) is 0 Å². The van der Waals surface area contributed by atoms with E-state index < -0.39 is 0 Å². The SMILES string of the molecule is Cc1nnc(CSCCC(C)N)n1C. The molecule has 4 nitrogen and oxygen atoms in total. The number of hydrogen-bond acceptors (Lipinski definition) is 4. The quantitative estimate of drug-likeness (QED) is 0.746. The number of rotatable bonds is 5. The summed E-state index contributed by atoms with van der Waals surface area (Å²) in [6.45, 7) is 4.00. The Kier molecular flexibility index (Phi) is 4.41. The molecule has 5 heteroatoms. The molecule has 1 aromatic rings. The van der Waals surface area contributed by atoms with Gasteiger partial charge in [-0.15, -0.1) is 10.2 Å². The highest BCUT2D eigenvalue weighted by atomic mass is 32.2. The lowest BCUT2D eigenvalue weighted by Crippen LogP contribution is -2.15. The highest BCUT2D eigenvalue weighted by Gasteiger charge is 2.04. The molecule has 1 aromatic heterocycles. The molecule has 1 atom stereocenters. The van der Waals surface area contributed by atoms with Crippen molar-refractivity contribution in [2.45, 2.75) is 32.1 Å². The molecular formula is C9H18N4S. The second-order valence-electron chi connectivity index (χ2n) is 3.54. The first-order valence-electron chi connectivity index (χ1n) is 4.79. The van der Waals surface area contributed by atoms with Gasteiger partial charge in [0, 0.05) is 13.1 Å². The van der Waals surface area contributed by atoms with E-state index in [-0.39, 0.29) is 0 Å². The zero-order chi connectivity index (χ0) is 10.6. The second-order valence-corrected chi connectivity index (χ2v) is 4.65. The van der Waals surface area contributed by atoms with E-state index in [4.69, 9.17) is 5.73 Å². The van der Waals surface area contributed by atoms with Crippen LogP contribution in [0.25, 0.3) is 0 Å². The lowest BCUT2D eigenvalue weighted by molar-refractivity contribution is 0.721. The van der Waals surface area contributed by atoms with Crippen LogP contribution in [0.2, 0.25) is 0 Å². The zero-order valence-electron chi connectivity index (χ0n) is 9.03. The smallest absolute Gasteiger partial charge is 0.142 e. The zero-order valence-corrected chi connectivity index (χ0v) is 9.84. The van der Waals surface area contributed by atoms with Gasteiger partial charge >= 0.3 is 0 Å². The summed E-state index contributed by atoms with van der Waals surface area (Å²) < 4.78 is 2.03. The summed E-state index contributed by atoms with van der Waals surface area (Å²) >= 11 is 1.86. The first-order valence-corrected chi connectivity index (χ1v) is 5.95. The number of thioether (sulfide) groups is 1. The van der Waals surface area contributed by atoms with Crippen molar-refractivity contribution < 1.29 is 0 Å². The van der Waals surface area contributed by atoms with Gasteiger partial charge in [-0.05, 0) is 26.0 Å². The normalized spacial score (nSPS) is 13.1. The molecule has 1 rings (SSSR count). The van der Waals surface area contributed by atoms with Crippen molar-refractivity contribution >= 4 is 11.8 Å². The standard InChI is InChI=1S/C9H18N4S/c1-7(10)4-5-14-6-9-12-11-8(2)13(9)3/h7H,4-6,10H2,1-3H3. The Morgan fingerprint density at radius 3 is 2.71 bits per heavy atom. The van der Waals surface area contributed by atoms with Gasteiger partial charge in [0.1, 0.15) is 11.6 Å². The average molecular weight is 214 g/mol. The molecule has 1 heterocycles. The number of nitrogens with zero attached hydrogens (tertiary/aromatic N) is 3. The van der Waals surface area contributed by atoms with E-state index in [1.807, 2.05) is 37.2 Å². The fourth-order valence-electron chi connectivity index (χ4n) is 1.01. The monoisotopic (exact) mass is 214 g/mol. The molecule has 0 saturated heterocycles. The summed E-state index contributed by atoms with van der Waals surface area (Å²) in [4.78, 5) is 0. The van der Waals surface area contributed by atoms with E-state index in [1.54, 1.807) is 0 Å². The Morgan fingerprint density at radius 1 is 1.50 bits per heavy atom. The number of hydrogen-bond donors (Lipinski definition) is 1. The highest BCUT2D eigenvalue weighted by Crippen LogP contribution is 2.11. The van der Waals surface area contributed by atoms with Crippen LogP contribution in [0.15, 0.2) is 0 Å². The maximum absolute atomic E-state index is 5.66. The third-order valence-electron chi connectivity index (χ3n) is 2.13. The fraction of sp³-hybridized carbons (Fsp3) is 0.778. The second kappa shape index (κ2) is 5.36. The van der Waals surface area contributed by atoms with Gasteiger partial charge in [-0.3, -0.25) is 0 Å². The fourth-order valence-corrected chi connectivity index (χ4v) is 2.13. The van der Waals surface area contributed by atoms with Crippen LogP contribution in [0.4, 0.5) is 0 Å². The average Bonchev–Trinajstić information content (AvgIpc) is 2.43. The molecule has 0 bridgehead atoms. The minimum atomic E-state index is 0.295. The Balaban J connectivity index is 2.28. The van der Waals surface area contributed by atoms with Crippen LogP contribution >= 0.6 is 11.8 Å². The molecule has 0 aliphatic rings. The number of nitrogens with two attached hydrogens (primary N) is 1. The predicted molar refractivity (Wildman–Crippen MR) is 60.2 cm³/mol. The molecule has 2 N–H and O–H groups in total. The summed E-state index contributed by atoms with van der Waals surface area (Å²) in [5.41, 5.74) is 5.66. The maximum Gasteiger partial charge on any atom is 0.142 e. The molecule has 0 spiro atoms. The van der Waals surface area contributed by atoms with Crippen molar-refractivity contribution in [1.29, 1.82) is 0 Å². The molecule has 0 radical (unpaired) electrons. The van der Waals surface area contributed by atoms with Crippen LogP contribution in [-0.2, 0) is 12.8 Å². The number of aromatic nitrogens is 3. The van der Waals surface area contributed by atoms with Gasteiger partial charge in [-0.2, -0.15) is 11.8 Å². The van der Waals surface area contributed by atoms with Crippen LogP contribution in [-0.4, -0.2) is 26.6 Å². The van der Waals surface area contributed by atoms with Crippen molar-refractivity contribution in [2.24, 2.45) is 12.8 Å². The van der Waals surface area contributed by atoms with Crippen molar-refractivity contribution in [3.05, 3.63) is 11.6 Å². The van der Waals surface area contributed by atoms with Crippen molar-refractivity contribution in [2.75, 3.05) is 5.75 Å². The van der Waals surface area contributed by atoms with E-state index in [9.17, 15) is 0 Å². The molecule has 0 fully saturated rings. The Labute approximate surface area is 89.3 Å². The van der Waals surface area contributed by atoms with E-state index in [1.165, 1.54) is 0 Å². The van der Waals surface area contributed by atoms with Crippen molar-refractivity contribution in [3.8, 4) is 0 Å². The first kappa shape index (κ1) is 11.5. The van der Waals surface area contributed by atoms with Gasteiger partial charge in [0.2, 0.25) is 0 Å². The van der Waals surface area contributed by atoms with Crippen LogP contribution in [0.5, 0.6) is 0 Å². The van der Waals surface area contributed by atoms with E-state index in [2.05, 4.69) is 10.2 Å². The maximum atomic E-state index is 5.66. The van der Waals surface area contributed by atoms with Gasteiger partial charge in [0.15, 0.2) is 0 Å². The van der Waals surface area contributed by atoms with Gasteiger partial charge < -0.3 is 10.3 Å². The molecule has 0 aliphatic carbocycles. The van der Waals surface area contributed by atoms with E-state index in [0.29, 0.717) is 6.04 Å². The minimum absolute atomic E-state index is 0.295. The van der Waals surface area contributed by atoms with E-state index >= 15 is 0 Å². The third-order valence-corrected chi connectivity index (χ3v) is 3.12. The van der Waals surface area contributed by atoms with Gasteiger partial charge in [0.25, 0.3) is 0 Å². The lowest BCUT2D eigenvalue weighted by atomic mass is 10.3. The molecular weight excluding hydrogens is 196 g/mol. The summed E-state index contributed by atoms with van der Waals surface area (Å²) in [5, 5.41) is 8.10. The Bertz CT molecular complexity index is 282. The van der Waals surface area contributed by atoms with Crippen LogP contribution in [0.3, 0.4) is 0 Å². The molecule has 80 valence electrons. The van der Waals surface area contributed by atoms with Crippen LogP contribution in [0.1, 0.15) is 25.0 Å². The third kappa shape index (κ3) is 3.31. The number of aryl methyl sites for hydroxylation is 1. The van der Waals surface area contributed by atoms with E-state index in [0.717, 1.165) is 29.6 Å². The summed E-state index contributed by atoms with van der Waals surface area (Å²) in [6, 6.07) is 0.295. The molecule has 14 heavy (non-hydrogen) atoms. The molecule has 0 amide bonds. The van der Waals surface area contributed by atoms with Crippen LogP contribution < -0.4 is 5.73 Å². The lowest BCUT2D eigenvalue weighted by Gasteiger charge is -2.04. The largest absolute Gasteiger partial charge is 0.328 e. The topological polar surface area (TPSA) is 56.7 Å². The van der Waals surface area contributed by atoms with Crippen molar-refractivity contribution in [3.63, 3.8) is 0 Å². The highest BCUT2D eigenvalue weighted by molar-refractivity contribution is 7.98. The Hall–Kier alpha value is -0.550. The van der Waals surface area contributed by atoms with Gasteiger partial charge in [0.05, 0.1) is 5.75 Å². The Morgan fingerprint density at radius 2 is 2.21 bits per heavy atom.